The number of nitrogens with two attached hydrogens (primary N) is 1. The normalized spacial score (nSPS) is 10.5. The first-order chi connectivity index (χ1) is 6.42. The van der Waals surface area contributed by atoms with Crippen molar-refractivity contribution in [1.29, 1.82) is 0 Å². The monoisotopic (exact) mass is 178 g/mol. The van der Waals surface area contributed by atoms with Crippen LogP contribution in [0.2, 0.25) is 0 Å². The third kappa shape index (κ3) is 1.43. The van der Waals surface area contributed by atoms with Gasteiger partial charge in [0.25, 0.3) is 0 Å². The molecule has 0 unspecified atom stereocenters. The Bertz CT molecular complexity index is 395. The molecule has 2 aromatic rings. The first kappa shape index (κ1) is 7.93. The van der Waals surface area contributed by atoms with E-state index in [0.717, 1.165) is 5.65 Å². The maximum atomic E-state index is 5.36. The molecule has 0 fully saturated rings. The van der Waals surface area contributed by atoms with Crippen molar-refractivity contribution in [2.75, 3.05) is 18.4 Å². The standard InChI is InChI=1S/C7H10N6/c8-1-2-9-6-7-12-11-5-13(7)4-3-10-6/h3-5H,1-2,8H2,(H,9,10). The molecule has 0 amide bonds. The number of anilines is 1. The van der Waals surface area contributed by atoms with Crippen LogP contribution >= 0.6 is 0 Å². The molecular formula is C7H10N6. The zero-order valence-electron chi connectivity index (χ0n) is 7.01. The Labute approximate surface area is 74.8 Å². The molecule has 68 valence electrons. The summed E-state index contributed by atoms with van der Waals surface area (Å²) in [5.74, 6) is 0.713. The predicted molar refractivity (Wildman–Crippen MR) is 48.3 cm³/mol. The van der Waals surface area contributed by atoms with Gasteiger partial charge in [0.05, 0.1) is 0 Å². The van der Waals surface area contributed by atoms with Crippen LogP contribution in [-0.2, 0) is 0 Å². The SMILES string of the molecule is NCCNc1nccn2cnnc12. The first-order valence-electron chi connectivity index (χ1n) is 4.00. The first-order valence-corrected chi connectivity index (χ1v) is 4.00. The highest BCUT2D eigenvalue weighted by Gasteiger charge is 2.02. The molecule has 13 heavy (non-hydrogen) atoms. The van der Waals surface area contributed by atoms with Crippen molar-refractivity contribution in [3.05, 3.63) is 18.7 Å². The van der Waals surface area contributed by atoms with Gasteiger partial charge in [-0.1, -0.05) is 0 Å². The molecule has 2 rings (SSSR count). The Hall–Kier alpha value is -1.69. The second kappa shape index (κ2) is 3.36. The third-order valence-electron chi connectivity index (χ3n) is 1.65. The summed E-state index contributed by atoms with van der Waals surface area (Å²) in [7, 11) is 0. The maximum absolute atomic E-state index is 5.36. The quantitative estimate of drug-likeness (QED) is 0.662. The van der Waals surface area contributed by atoms with Crippen molar-refractivity contribution in [3.63, 3.8) is 0 Å². The van der Waals surface area contributed by atoms with Crippen LogP contribution in [0.15, 0.2) is 18.7 Å². The van der Waals surface area contributed by atoms with E-state index in [0.29, 0.717) is 18.9 Å². The van der Waals surface area contributed by atoms with Crippen molar-refractivity contribution in [1.82, 2.24) is 19.6 Å². The number of rotatable bonds is 3. The molecule has 0 aliphatic carbocycles. The Morgan fingerprint density at radius 2 is 2.46 bits per heavy atom. The number of fused-ring (bicyclic) bond motifs is 1. The largest absolute Gasteiger partial charge is 0.366 e. The molecule has 0 saturated carbocycles. The Morgan fingerprint density at radius 3 is 3.31 bits per heavy atom. The highest BCUT2D eigenvalue weighted by Crippen LogP contribution is 2.08. The second-order valence-corrected chi connectivity index (χ2v) is 2.55. The van der Waals surface area contributed by atoms with Crippen LogP contribution < -0.4 is 11.1 Å². The van der Waals surface area contributed by atoms with Gasteiger partial charge in [-0.05, 0) is 0 Å². The van der Waals surface area contributed by atoms with E-state index >= 15 is 0 Å². The molecule has 6 heteroatoms. The fourth-order valence-electron chi connectivity index (χ4n) is 1.07. The van der Waals surface area contributed by atoms with Gasteiger partial charge >= 0.3 is 0 Å². The summed E-state index contributed by atoms with van der Waals surface area (Å²) in [6.45, 7) is 1.25. The summed E-state index contributed by atoms with van der Waals surface area (Å²) < 4.78 is 1.80. The van der Waals surface area contributed by atoms with E-state index in [2.05, 4.69) is 20.5 Å². The summed E-state index contributed by atoms with van der Waals surface area (Å²) in [4.78, 5) is 4.13. The zero-order chi connectivity index (χ0) is 9.10. The van der Waals surface area contributed by atoms with E-state index in [1.54, 1.807) is 23.1 Å². The molecule has 0 spiro atoms. The van der Waals surface area contributed by atoms with Crippen LogP contribution in [0, 0.1) is 0 Å². The minimum atomic E-state index is 0.566. The smallest absolute Gasteiger partial charge is 0.203 e. The van der Waals surface area contributed by atoms with Gasteiger partial charge in [0, 0.05) is 25.5 Å². The molecule has 0 aliphatic rings. The van der Waals surface area contributed by atoms with E-state index in [9.17, 15) is 0 Å². The predicted octanol–water partition coefficient (Wildman–Crippen LogP) is -0.505. The van der Waals surface area contributed by atoms with Crippen LogP contribution in [0.1, 0.15) is 0 Å². The Kier molecular flexibility index (Phi) is 2.05. The highest BCUT2D eigenvalue weighted by atomic mass is 15.2. The fourth-order valence-corrected chi connectivity index (χ4v) is 1.07. The number of hydrogen-bond acceptors (Lipinski definition) is 5. The summed E-state index contributed by atoms with van der Waals surface area (Å²) >= 11 is 0. The number of aromatic nitrogens is 4. The van der Waals surface area contributed by atoms with Gasteiger partial charge < -0.3 is 11.1 Å². The lowest BCUT2D eigenvalue weighted by Crippen LogP contribution is -2.14. The highest BCUT2D eigenvalue weighted by molar-refractivity contribution is 5.61. The van der Waals surface area contributed by atoms with Crippen molar-refractivity contribution >= 4 is 11.5 Å². The molecule has 0 radical (unpaired) electrons. The third-order valence-corrected chi connectivity index (χ3v) is 1.65. The van der Waals surface area contributed by atoms with Crippen LogP contribution in [0.5, 0.6) is 0 Å². The van der Waals surface area contributed by atoms with E-state index < -0.39 is 0 Å². The van der Waals surface area contributed by atoms with Gasteiger partial charge in [-0.2, -0.15) is 0 Å². The minimum absolute atomic E-state index is 0.566. The summed E-state index contributed by atoms with van der Waals surface area (Å²) in [5.41, 5.74) is 6.08. The number of hydrogen-bond donors (Lipinski definition) is 2. The molecule has 0 saturated heterocycles. The Balaban J connectivity index is 2.37. The zero-order valence-corrected chi connectivity index (χ0v) is 7.01. The van der Waals surface area contributed by atoms with E-state index in [1.807, 2.05) is 0 Å². The molecule has 6 nitrogen and oxygen atoms in total. The van der Waals surface area contributed by atoms with Gasteiger partial charge in [0.1, 0.15) is 6.33 Å². The second-order valence-electron chi connectivity index (χ2n) is 2.55. The minimum Gasteiger partial charge on any atom is -0.366 e. The molecule has 0 bridgehead atoms. The van der Waals surface area contributed by atoms with Crippen molar-refractivity contribution < 1.29 is 0 Å². The molecule has 0 atom stereocenters. The molecular weight excluding hydrogens is 168 g/mol. The average molecular weight is 178 g/mol. The van der Waals surface area contributed by atoms with Crippen molar-refractivity contribution in [2.24, 2.45) is 5.73 Å². The number of nitrogens with one attached hydrogen (secondary N) is 1. The number of nitrogens with zero attached hydrogens (tertiary/aromatic N) is 4. The van der Waals surface area contributed by atoms with Crippen molar-refractivity contribution in [2.45, 2.75) is 0 Å². The Morgan fingerprint density at radius 1 is 1.54 bits per heavy atom. The van der Waals surface area contributed by atoms with Gasteiger partial charge in [0.15, 0.2) is 5.82 Å². The van der Waals surface area contributed by atoms with E-state index in [4.69, 9.17) is 5.73 Å². The lowest BCUT2D eigenvalue weighted by Gasteiger charge is -2.03. The maximum Gasteiger partial charge on any atom is 0.203 e. The van der Waals surface area contributed by atoms with Crippen LogP contribution in [0.3, 0.4) is 0 Å². The molecule has 0 aromatic carbocycles. The molecule has 3 N–H and O–H groups in total. The van der Waals surface area contributed by atoms with E-state index in [-0.39, 0.29) is 0 Å². The molecule has 2 heterocycles. The average Bonchev–Trinajstić information content (AvgIpc) is 2.62. The van der Waals surface area contributed by atoms with Crippen molar-refractivity contribution in [3.8, 4) is 0 Å². The van der Waals surface area contributed by atoms with Crippen LogP contribution in [0.4, 0.5) is 5.82 Å². The summed E-state index contributed by atoms with van der Waals surface area (Å²) in [5, 5.41) is 10.8. The van der Waals surface area contributed by atoms with Crippen LogP contribution in [-0.4, -0.2) is 32.7 Å². The van der Waals surface area contributed by atoms with Gasteiger partial charge in [-0.3, -0.25) is 4.40 Å². The summed E-state index contributed by atoms with van der Waals surface area (Å²) in [6.07, 6.45) is 5.11. The van der Waals surface area contributed by atoms with Gasteiger partial charge in [-0.15, -0.1) is 10.2 Å². The lowest BCUT2D eigenvalue weighted by atomic mass is 10.5. The topological polar surface area (TPSA) is 81.1 Å². The van der Waals surface area contributed by atoms with Gasteiger partial charge in [-0.25, -0.2) is 4.98 Å². The van der Waals surface area contributed by atoms with Gasteiger partial charge in [0.2, 0.25) is 5.65 Å². The van der Waals surface area contributed by atoms with Crippen LogP contribution in [0.25, 0.3) is 5.65 Å². The fraction of sp³-hybridized carbons (Fsp3) is 0.286. The van der Waals surface area contributed by atoms with E-state index in [1.165, 1.54) is 0 Å². The molecule has 0 aliphatic heterocycles. The molecule has 2 aromatic heterocycles. The lowest BCUT2D eigenvalue weighted by molar-refractivity contribution is 1.00. The summed E-state index contributed by atoms with van der Waals surface area (Å²) in [6, 6.07) is 0.